The lowest BCUT2D eigenvalue weighted by atomic mass is 9.93. The van der Waals surface area contributed by atoms with Crippen LogP contribution in [0.1, 0.15) is 43.7 Å². The second-order valence-corrected chi connectivity index (χ2v) is 8.44. The predicted octanol–water partition coefficient (Wildman–Crippen LogP) is 4.61. The molecule has 0 unspecified atom stereocenters. The maximum Gasteiger partial charge on any atom is 0.221 e. The largest absolute Gasteiger partial charge is 0.352 e. The van der Waals surface area contributed by atoms with Crippen molar-refractivity contribution in [1.82, 2.24) is 10.2 Å². The molecule has 1 saturated heterocycles. The van der Waals surface area contributed by atoms with Crippen molar-refractivity contribution >= 4 is 29.1 Å². The molecule has 1 atom stereocenters. The topological polar surface area (TPSA) is 61.4 Å². The first-order valence-corrected chi connectivity index (χ1v) is 11.0. The lowest BCUT2D eigenvalue weighted by Crippen LogP contribution is -2.35. The fourth-order valence-corrected chi connectivity index (χ4v) is 4.15. The molecular weight excluding hydrogens is 398 g/mol. The molecule has 0 radical (unpaired) electrons. The van der Waals surface area contributed by atoms with Gasteiger partial charge in [0.1, 0.15) is 0 Å². The van der Waals surface area contributed by atoms with Crippen molar-refractivity contribution in [1.29, 1.82) is 0 Å². The summed E-state index contributed by atoms with van der Waals surface area (Å²) in [4.78, 5) is 25.8. The van der Waals surface area contributed by atoms with E-state index < -0.39 is 0 Å². The molecule has 1 fully saturated rings. The van der Waals surface area contributed by atoms with Gasteiger partial charge in [0.05, 0.1) is 0 Å². The molecule has 2 N–H and O–H groups in total. The predicted molar refractivity (Wildman–Crippen MR) is 121 cm³/mol. The molecule has 3 rings (SSSR count). The fourth-order valence-electron chi connectivity index (χ4n) is 3.94. The van der Waals surface area contributed by atoms with Crippen LogP contribution in [-0.2, 0) is 22.7 Å². The Hall–Kier alpha value is -2.37. The number of hydrogen-bond acceptors (Lipinski definition) is 3. The van der Waals surface area contributed by atoms with E-state index in [4.69, 9.17) is 11.6 Å². The number of benzene rings is 2. The molecule has 0 bridgehead atoms. The Morgan fingerprint density at radius 3 is 2.63 bits per heavy atom. The molecule has 2 amide bonds. The number of piperidine rings is 1. The van der Waals surface area contributed by atoms with Gasteiger partial charge >= 0.3 is 0 Å². The number of carbonyl (C=O) groups is 2. The van der Waals surface area contributed by atoms with Crippen molar-refractivity contribution in [3.63, 3.8) is 0 Å². The summed E-state index contributed by atoms with van der Waals surface area (Å²) in [5, 5.41) is 6.46. The van der Waals surface area contributed by atoms with Crippen molar-refractivity contribution in [2.75, 3.05) is 18.4 Å². The summed E-state index contributed by atoms with van der Waals surface area (Å²) in [6.45, 7) is 4.99. The van der Waals surface area contributed by atoms with E-state index in [2.05, 4.69) is 27.7 Å². The Morgan fingerprint density at radius 1 is 1.13 bits per heavy atom. The third kappa shape index (κ3) is 7.15. The minimum absolute atomic E-state index is 0.0578. The first kappa shape index (κ1) is 22.3. The molecule has 0 aromatic heterocycles. The molecule has 1 aliphatic rings. The molecule has 1 aliphatic heterocycles. The molecule has 0 saturated carbocycles. The maximum atomic E-state index is 12.3. The zero-order valence-electron chi connectivity index (χ0n) is 17.5. The van der Waals surface area contributed by atoms with Gasteiger partial charge in [-0.2, -0.15) is 0 Å². The molecule has 160 valence electrons. The lowest BCUT2D eigenvalue weighted by Gasteiger charge is -2.32. The highest BCUT2D eigenvalue weighted by atomic mass is 35.5. The van der Waals surface area contributed by atoms with Crippen LogP contribution in [0.2, 0.25) is 5.02 Å². The Morgan fingerprint density at radius 2 is 1.90 bits per heavy atom. The van der Waals surface area contributed by atoms with Crippen LogP contribution in [0.4, 0.5) is 5.69 Å². The van der Waals surface area contributed by atoms with Crippen molar-refractivity contribution in [3.05, 3.63) is 64.7 Å². The average Bonchev–Trinajstić information content (AvgIpc) is 2.73. The van der Waals surface area contributed by atoms with Gasteiger partial charge in [-0.3, -0.25) is 14.5 Å². The van der Waals surface area contributed by atoms with Gasteiger partial charge in [0.2, 0.25) is 11.8 Å². The third-order valence-electron chi connectivity index (χ3n) is 5.50. The number of nitrogens with zero attached hydrogens (tertiary/aromatic N) is 1. The second kappa shape index (κ2) is 11.1. The van der Waals surface area contributed by atoms with Crippen molar-refractivity contribution in [3.8, 4) is 0 Å². The number of rotatable bonds is 8. The van der Waals surface area contributed by atoms with E-state index in [1.807, 2.05) is 36.4 Å². The first-order chi connectivity index (χ1) is 14.5. The van der Waals surface area contributed by atoms with Crippen LogP contribution in [0.3, 0.4) is 0 Å². The molecule has 5 nitrogen and oxygen atoms in total. The Balaban J connectivity index is 1.40. The summed E-state index contributed by atoms with van der Waals surface area (Å²) in [5.41, 5.74) is 3.01. The first-order valence-electron chi connectivity index (χ1n) is 10.6. The van der Waals surface area contributed by atoms with E-state index in [0.717, 1.165) is 43.7 Å². The van der Waals surface area contributed by atoms with Gasteiger partial charge in [-0.25, -0.2) is 0 Å². The normalized spacial score (nSPS) is 16.8. The number of likely N-dealkylation sites (tertiary alicyclic amines) is 1. The molecule has 2 aromatic carbocycles. The van der Waals surface area contributed by atoms with E-state index in [1.54, 1.807) is 0 Å². The zero-order valence-corrected chi connectivity index (χ0v) is 18.3. The van der Waals surface area contributed by atoms with Crippen LogP contribution in [-0.4, -0.2) is 29.8 Å². The number of halogens is 1. The number of hydrogen-bond donors (Lipinski definition) is 2. The van der Waals surface area contributed by atoms with E-state index >= 15 is 0 Å². The highest BCUT2D eigenvalue weighted by Gasteiger charge is 2.20. The van der Waals surface area contributed by atoms with Crippen LogP contribution >= 0.6 is 11.6 Å². The van der Waals surface area contributed by atoms with Gasteiger partial charge in [0.15, 0.2) is 0 Å². The van der Waals surface area contributed by atoms with Crippen molar-refractivity contribution in [2.24, 2.45) is 5.92 Å². The van der Waals surface area contributed by atoms with E-state index in [1.165, 1.54) is 18.9 Å². The fraction of sp³-hybridized carbons (Fsp3) is 0.417. The number of nitrogens with one attached hydrogen (secondary N) is 2. The maximum absolute atomic E-state index is 12.3. The summed E-state index contributed by atoms with van der Waals surface area (Å²) < 4.78 is 0. The second-order valence-electron chi connectivity index (χ2n) is 8.03. The third-order valence-corrected chi connectivity index (χ3v) is 5.87. The highest BCUT2D eigenvalue weighted by molar-refractivity contribution is 6.31. The van der Waals surface area contributed by atoms with Crippen LogP contribution in [0.25, 0.3) is 0 Å². The Labute approximate surface area is 183 Å². The van der Waals surface area contributed by atoms with Crippen molar-refractivity contribution < 1.29 is 9.59 Å². The summed E-state index contributed by atoms with van der Waals surface area (Å²) in [5.74, 6) is 0.571. The standard InChI is InChI=1S/C24H30ClN3O2/c1-18(29)27-22-11-8-20(9-12-22)17-28-14-4-5-19(16-28)10-13-24(30)26-15-21-6-2-3-7-23(21)25/h2-3,6-9,11-12,19H,4-5,10,13-17H2,1H3,(H,26,30)(H,27,29)/t19-/m1/s1. The van der Waals surface area contributed by atoms with Crippen LogP contribution < -0.4 is 10.6 Å². The van der Waals surface area contributed by atoms with Crippen molar-refractivity contribution in [2.45, 2.75) is 45.7 Å². The smallest absolute Gasteiger partial charge is 0.221 e. The molecule has 2 aromatic rings. The molecule has 6 heteroatoms. The van der Waals surface area contributed by atoms with E-state index in [-0.39, 0.29) is 11.8 Å². The minimum atomic E-state index is -0.0578. The van der Waals surface area contributed by atoms with Crippen LogP contribution in [0, 0.1) is 5.92 Å². The Bertz CT molecular complexity index is 854. The molecule has 30 heavy (non-hydrogen) atoms. The summed E-state index contributed by atoms with van der Waals surface area (Å²) in [7, 11) is 0. The average molecular weight is 428 g/mol. The van der Waals surface area contributed by atoms with Gasteiger partial charge < -0.3 is 10.6 Å². The van der Waals surface area contributed by atoms with E-state index in [0.29, 0.717) is 23.9 Å². The molecule has 1 heterocycles. The minimum Gasteiger partial charge on any atom is -0.352 e. The SMILES string of the molecule is CC(=O)Nc1ccc(CN2CCC[C@H](CCC(=O)NCc3ccccc3Cl)C2)cc1. The number of anilines is 1. The van der Waals surface area contributed by atoms with Crippen LogP contribution in [0.15, 0.2) is 48.5 Å². The molecular formula is C24H30ClN3O2. The summed E-state index contributed by atoms with van der Waals surface area (Å²) in [6, 6.07) is 15.6. The van der Waals surface area contributed by atoms with Gasteiger partial charge in [-0.1, -0.05) is 41.9 Å². The summed E-state index contributed by atoms with van der Waals surface area (Å²) in [6.07, 6.45) is 3.80. The monoisotopic (exact) mass is 427 g/mol. The quantitative estimate of drug-likeness (QED) is 0.646. The highest BCUT2D eigenvalue weighted by Crippen LogP contribution is 2.23. The number of carbonyl (C=O) groups excluding carboxylic acids is 2. The molecule has 0 aliphatic carbocycles. The van der Waals surface area contributed by atoms with Gasteiger partial charge in [0, 0.05) is 43.7 Å². The van der Waals surface area contributed by atoms with Gasteiger partial charge in [-0.15, -0.1) is 0 Å². The summed E-state index contributed by atoms with van der Waals surface area (Å²) >= 11 is 6.14. The lowest BCUT2D eigenvalue weighted by molar-refractivity contribution is -0.121. The Kier molecular flexibility index (Phi) is 8.29. The van der Waals surface area contributed by atoms with Gasteiger partial charge in [0.25, 0.3) is 0 Å². The number of amides is 2. The van der Waals surface area contributed by atoms with E-state index in [9.17, 15) is 9.59 Å². The van der Waals surface area contributed by atoms with Gasteiger partial charge in [-0.05, 0) is 61.1 Å². The molecule has 0 spiro atoms. The van der Waals surface area contributed by atoms with Crippen LogP contribution in [0.5, 0.6) is 0 Å². The zero-order chi connectivity index (χ0) is 21.3.